The first-order valence-electron chi connectivity index (χ1n) is 22.2. The number of unbranched alkanes of at least 4 members (excludes halogenated alkanes) is 10. The zero-order valence-electron chi connectivity index (χ0n) is 35.4. The highest BCUT2D eigenvalue weighted by Crippen LogP contribution is 2.44. The van der Waals surface area contributed by atoms with E-state index in [-0.39, 0.29) is 28.4 Å². The maximum Gasteiger partial charge on any atom is 0.282 e. The Balaban J connectivity index is 1.03. The van der Waals surface area contributed by atoms with E-state index in [0.29, 0.717) is 22.4 Å². The number of nitrogen functional groups attached to an aromatic ring is 1. The molecule has 0 saturated carbocycles. The van der Waals surface area contributed by atoms with Crippen LogP contribution >= 0.6 is 0 Å². The van der Waals surface area contributed by atoms with E-state index in [1.165, 1.54) is 88.2 Å². The summed E-state index contributed by atoms with van der Waals surface area (Å²) in [7, 11) is 3.92. The first-order chi connectivity index (χ1) is 29.4. The van der Waals surface area contributed by atoms with Gasteiger partial charge in [0.25, 0.3) is 14.8 Å². The van der Waals surface area contributed by atoms with Crippen molar-refractivity contribution in [1.82, 2.24) is 0 Å². The van der Waals surface area contributed by atoms with Gasteiger partial charge >= 0.3 is 0 Å². The second-order valence-corrected chi connectivity index (χ2v) is 16.3. The fourth-order valence-corrected chi connectivity index (χ4v) is 8.46. The van der Waals surface area contributed by atoms with Crippen molar-refractivity contribution in [3.05, 3.63) is 148 Å². The summed E-state index contributed by atoms with van der Waals surface area (Å²) in [6.45, 7) is 4.50. The number of hydrogen-bond acceptors (Lipinski definition) is 6. The number of nitrogens with one attached hydrogen (secondary N) is 3. The molecule has 2 radical (unpaired) electrons. The molecule has 304 valence electrons. The van der Waals surface area contributed by atoms with Crippen LogP contribution in [-0.2, 0) is 17.6 Å². The number of nitrogens with two attached hydrogens (primary N) is 1. The molecule has 0 fully saturated rings. The van der Waals surface area contributed by atoms with Gasteiger partial charge in [0.05, 0.1) is 16.9 Å². The van der Waals surface area contributed by atoms with Crippen LogP contribution in [0.5, 0.6) is 0 Å². The number of aliphatic hydroxyl groups is 1. The number of allylic oxidation sites excluding steroid dienone is 4. The lowest BCUT2D eigenvalue weighted by molar-refractivity contribution is -0.111. The minimum absolute atomic E-state index is 0.135. The molecule has 0 amide bonds. The smallest absolute Gasteiger partial charge is 0.282 e. The van der Waals surface area contributed by atoms with Crippen molar-refractivity contribution >= 4 is 76.7 Å². The SMILES string of the molecule is CCCCCCCCc1ccc([B]Nc2cccc3c2C(=N)/C(=C2/C(=O)C(c4ccc5cccc(N[B]c6ccc(CCCCCCCC)cc6)c5c4N)=C2O)C=C3)cc1. The molecule has 2 aliphatic rings. The Hall–Kier alpha value is -5.75. The number of ketones is 1. The molecule has 6 nitrogen and oxygen atoms in total. The van der Waals surface area contributed by atoms with Gasteiger partial charge in [-0.2, -0.15) is 0 Å². The summed E-state index contributed by atoms with van der Waals surface area (Å²) in [6, 6.07) is 32.8. The van der Waals surface area contributed by atoms with Gasteiger partial charge < -0.3 is 21.3 Å². The predicted molar refractivity (Wildman–Crippen MR) is 257 cm³/mol. The summed E-state index contributed by atoms with van der Waals surface area (Å²) in [4.78, 5) is 14.0. The lowest BCUT2D eigenvalue weighted by atomic mass is 9.76. The minimum atomic E-state index is -0.331. The van der Waals surface area contributed by atoms with E-state index in [9.17, 15) is 15.3 Å². The molecule has 0 aliphatic heterocycles. The fourth-order valence-electron chi connectivity index (χ4n) is 8.46. The van der Waals surface area contributed by atoms with Crippen LogP contribution in [0.2, 0.25) is 0 Å². The summed E-state index contributed by atoms with van der Waals surface area (Å²) in [6.07, 6.45) is 21.3. The van der Waals surface area contributed by atoms with Crippen LogP contribution in [0.25, 0.3) is 22.4 Å². The Morgan fingerprint density at radius 3 is 1.77 bits per heavy atom. The number of benzene rings is 5. The number of aryl methyl sites for hydroxylation is 2. The number of carbonyl (C=O) groups is 1. The molecule has 0 heterocycles. The van der Waals surface area contributed by atoms with Gasteiger partial charge in [0.2, 0.25) is 5.78 Å². The quantitative estimate of drug-likeness (QED) is 0.0220. The maximum atomic E-state index is 14.0. The van der Waals surface area contributed by atoms with Crippen LogP contribution < -0.4 is 27.1 Å². The molecular weight excluding hydrogens is 734 g/mol. The van der Waals surface area contributed by atoms with Gasteiger partial charge in [0.15, 0.2) is 0 Å². The maximum absolute atomic E-state index is 14.0. The molecule has 5 aromatic rings. The number of carbonyl (C=O) groups excluding carboxylic acids is 1. The Labute approximate surface area is 358 Å². The summed E-state index contributed by atoms with van der Waals surface area (Å²) in [5.41, 5.74) is 16.5. The molecule has 0 saturated heterocycles. The molecule has 0 unspecified atom stereocenters. The molecular formula is C52H58B2N4O2. The minimum Gasteiger partial charge on any atom is -0.506 e. The van der Waals surface area contributed by atoms with Gasteiger partial charge in [-0.1, -0.05) is 186 Å². The molecule has 2 aliphatic carbocycles. The lowest BCUT2D eigenvalue weighted by Crippen LogP contribution is -2.27. The van der Waals surface area contributed by atoms with Crippen LogP contribution in [0.3, 0.4) is 0 Å². The van der Waals surface area contributed by atoms with E-state index >= 15 is 0 Å². The van der Waals surface area contributed by atoms with Crippen molar-refractivity contribution in [3.63, 3.8) is 0 Å². The number of anilines is 3. The normalized spacial score (nSPS) is 14.6. The van der Waals surface area contributed by atoms with E-state index in [1.54, 1.807) is 12.1 Å². The highest BCUT2D eigenvalue weighted by molar-refractivity contribution is 6.58. The van der Waals surface area contributed by atoms with Crippen molar-refractivity contribution in [2.75, 3.05) is 16.2 Å². The third-order valence-electron chi connectivity index (χ3n) is 12.0. The molecule has 8 heteroatoms. The Morgan fingerprint density at radius 2 is 1.17 bits per heavy atom. The first-order valence-corrected chi connectivity index (χ1v) is 22.2. The second kappa shape index (κ2) is 20.5. The van der Waals surface area contributed by atoms with E-state index in [0.717, 1.165) is 51.5 Å². The first kappa shape index (κ1) is 42.4. The van der Waals surface area contributed by atoms with Crippen molar-refractivity contribution in [1.29, 1.82) is 5.41 Å². The molecule has 6 N–H and O–H groups in total. The summed E-state index contributed by atoms with van der Waals surface area (Å²) >= 11 is 0. The van der Waals surface area contributed by atoms with E-state index in [2.05, 4.69) is 72.8 Å². The Bertz CT molecular complexity index is 2410. The number of Topliss-reactive ketones (excluding diaryl/α,β-unsaturated/α-hetero) is 1. The van der Waals surface area contributed by atoms with Gasteiger partial charge in [-0.3, -0.25) is 10.2 Å². The standard InChI is InChI=1S/C52H58B2N4O2/c1-3-5-7-9-11-13-17-35-23-29-39(30-24-35)53-57-43-21-15-19-37-27-33-41(49(55)45(37)43)47-51(59)48(52(47)60)42-34-28-38-20-16-22-44(46(38)50(42)56)58-54-40-31-25-36(26-32-40)18-14-12-10-8-6-4-2/h15-16,19-34,55,57-59H,3-14,17-18,56H2,1-2H3/b47-41+,55-49?. The van der Waals surface area contributed by atoms with Gasteiger partial charge in [-0.05, 0) is 59.9 Å². The molecule has 0 bridgehead atoms. The van der Waals surface area contributed by atoms with Gasteiger partial charge in [-0.25, -0.2) is 0 Å². The number of rotatable bonds is 21. The van der Waals surface area contributed by atoms with Gasteiger partial charge in [0.1, 0.15) is 5.76 Å². The van der Waals surface area contributed by atoms with Gasteiger partial charge in [-0.15, -0.1) is 0 Å². The van der Waals surface area contributed by atoms with Crippen LogP contribution in [0.1, 0.15) is 119 Å². The largest absolute Gasteiger partial charge is 0.506 e. The average molecular weight is 793 g/mol. The van der Waals surface area contributed by atoms with Crippen LogP contribution in [-0.4, -0.2) is 31.4 Å². The highest BCUT2D eigenvalue weighted by Gasteiger charge is 2.39. The summed E-state index contributed by atoms with van der Waals surface area (Å²) in [5, 5.41) is 29.4. The zero-order chi connectivity index (χ0) is 41.8. The van der Waals surface area contributed by atoms with Crippen LogP contribution in [0.15, 0.2) is 120 Å². The van der Waals surface area contributed by atoms with Crippen LogP contribution in [0.4, 0.5) is 17.1 Å². The third kappa shape index (κ3) is 9.81. The number of hydrogen-bond donors (Lipinski definition) is 5. The van der Waals surface area contributed by atoms with Crippen molar-refractivity contribution in [3.8, 4) is 0 Å². The lowest BCUT2D eigenvalue weighted by Gasteiger charge is -2.27. The predicted octanol–water partition coefficient (Wildman–Crippen LogP) is 11.2. The highest BCUT2D eigenvalue weighted by atomic mass is 16.3. The van der Waals surface area contributed by atoms with Crippen molar-refractivity contribution in [2.45, 2.75) is 104 Å². The Morgan fingerprint density at radius 1 is 0.617 bits per heavy atom. The molecule has 0 spiro atoms. The molecule has 7 rings (SSSR count). The number of aliphatic hydroxyl groups excluding tert-OH is 1. The third-order valence-corrected chi connectivity index (χ3v) is 12.0. The second-order valence-electron chi connectivity index (χ2n) is 16.3. The average Bonchev–Trinajstić information content (AvgIpc) is 3.27. The Kier molecular flexibility index (Phi) is 14.5. The molecule has 60 heavy (non-hydrogen) atoms. The fraction of sp³-hybridized carbons (Fsp3) is 0.308. The van der Waals surface area contributed by atoms with E-state index in [1.807, 2.05) is 63.4 Å². The molecule has 5 aromatic carbocycles. The summed E-state index contributed by atoms with van der Waals surface area (Å²) in [5.74, 6) is -0.475. The topological polar surface area (TPSA) is 111 Å². The van der Waals surface area contributed by atoms with E-state index < -0.39 is 0 Å². The molecule has 0 aromatic heterocycles. The zero-order valence-corrected chi connectivity index (χ0v) is 35.4. The van der Waals surface area contributed by atoms with E-state index in [4.69, 9.17) is 5.73 Å². The monoisotopic (exact) mass is 792 g/mol. The number of fused-ring (bicyclic) bond motifs is 2. The van der Waals surface area contributed by atoms with Crippen LogP contribution in [0, 0.1) is 5.41 Å². The molecule has 0 atom stereocenters. The van der Waals surface area contributed by atoms with Crippen molar-refractivity contribution in [2.24, 2.45) is 0 Å². The summed E-state index contributed by atoms with van der Waals surface area (Å²) < 4.78 is 0. The van der Waals surface area contributed by atoms with Crippen molar-refractivity contribution < 1.29 is 9.90 Å². The van der Waals surface area contributed by atoms with Gasteiger partial charge in [0, 0.05) is 39.1 Å².